The Kier molecular flexibility index (Phi) is 4.23. The third-order valence-corrected chi connectivity index (χ3v) is 4.02. The molecule has 0 aliphatic rings. The number of hydrogen-bond acceptors (Lipinski definition) is 6. The maximum atomic E-state index is 10.6. The largest absolute Gasteiger partial charge is 0.492 e. The van der Waals surface area contributed by atoms with Gasteiger partial charge in [0.2, 0.25) is 0 Å². The first-order chi connectivity index (χ1) is 5.22. The van der Waals surface area contributed by atoms with Crippen LogP contribution in [0.25, 0.3) is 0 Å². The maximum Gasteiger partial charge on any atom is 0.492 e. The van der Waals surface area contributed by atoms with Crippen LogP contribution < -0.4 is 0 Å². The van der Waals surface area contributed by atoms with Crippen LogP contribution in [0, 0.1) is 0 Å². The second-order valence-electron chi connectivity index (χ2n) is 1.61. The lowest BCUT2D eigenvalue weighted by Gasteiger charge is -2.06. The average Bonchev–Trinajstić information content (AvgIpc) is 1.84. The zero-order valence-electron chi connectivity index (χ0n) is 5.49. The Balaban J connectivity index is 4.59. The van der Waals surface area contributed by atoms with Crippen molar-refractivity contribution in [3.8, 4) is 0 Å². The van der Waals surface area contributed by atoms with Crippen LogP contribution in [0.4, 0.5) is 4.79 Å². The molecule has 0 rings (SSSR count). The molecular formula is C2H6ClO7P2+. The molecule has 0 radical (unpaired) electrons. The fourth-order valence-electron chi connectivity index (χ4n) is 0.291. The quantitative estimate of drug-likeness (QED) is 0.409. The van der Waals surface area contributed by atoms with Crippen molar-refractivity contribution in [3.63, 3.8) is 0 Å². The summed E-state index contributed by atoms with van der Waals surface area (Å²) < 4.78 is 14.4. The van der Waals surface area contributed by atoms with Crippen molar-refractivity contribution in [1.82, 2.24) is 0 Å². The van der Waals surface area contributed by atoms with Gasteiger partial charge in [0, 0.05) is 0 Å². The second-order valence-corrected chi connectivity index (χ2v) is 5.43. The smallest absolute Gasteiger partial charge is 0.316 e. The molecule has 0 heterocycles. The minimum atomic E-state index is -4.99. The highest BCUT2D eigenvalue weighted by molar-refractivity contribution is 8.00. The van der Waals surface area contributed by atoms with Crippen LogP contribution >= 0.6 is 27.1 Å². The van der Waals surface area contributed by atoms with Crippen LogP contribution in [0.2, 0.25) is 0 Å². The summed E-state index contributed by atoms with van der Waals surface area (Å²) in [5.41, 5.74) is 0. The van der Waals surface area contributed by atoms with E-state index in [-0.39, 0.29) is 0 Å². The van der Waals surface area contributed by atoms with E-state index in [0.29, 0.717) is 0 Å². The molecule has 0 aromatic heterocycles. The van der Waals surface area contributed by atoms with Gasteiger partial charge >= 0.3 is 20.8 Å². The van der Waals surface area contributed by atoms with Crippen molar-refractivity contribution in [3.05, 3.63) is 0 Å². The summed E-state index contributed by atoms with van der Waals surface area (Å²) in [6.07, 6.45) is 0. The lowest BCUT2D eigenvalue weighted by molar-refractivity contribution is 0.242. The van der Waals surface area contributed by atoms with Crippen molar-refractivity contribution in [2.24, 2.45) is 0 Å². The molecule has 0 aromatic rings. The summed E-state index contributed by atoms with van der Waals surface area (Å²) in [6, 6.07) is -0.778. The van der Waals surface area contributed by atoms with E-state index < -0.39 is 26.9 Å². The molecule has 7 nitrogen and oxygen atoms in total. The molecular weight excluding hydrogens is 233 g/mol. The SMILES string of the molecule is O=C(P(=O)(O)OCCl)[P+](O)(O)O. The monoisotopic (exact) mass is 239 g/mol. The van der Waals surface area contributed by atoms with Gasteiger partial charge in [0.15, 0.2) is 0 Å². The van der Waals surface area contributed by atoms with Gasteiger partial charge in [-0.3, -0.25) is 4.52 Å². The van der Waals surface area contributed by atoms with E-state index in [1.54, 1.807) is 0 Å². The highest BCUT2D eigenvalue weighted by Crippen LogP contribution is 2.62. The number of alkyl halides is 1. The van der Waals surface area contributed by atoms with E-state index in [0.717, 1.165) is 0 Å². The topological polar surface area (TPSA) is 124 Å². The van der Waals surface area contributed by atoms with Crippen LogP contribution in [0.5, 0.6) is 0 Å². The summed E-state index contributed by atoms with van der Waals surface area (Å²) in [6.45, 7) is 0. The molecule has 0 spiro atoms. The van der Waals surface area contributed by atoms with Crippen molar-refractivity contribution in [1.29, 1.82) is 0 Å². The molecule has 0 saturated heterocycles. The molecule has 72 valence electrons. The first-order valence-corrected chi connectivity index (χ1v) is 6.13. The molecule has 0 amide bonds. The number of rotatable bonds is 4. The van der Waals surface area contributed by atoms with E-state index in [1.807, 2.05) is 0 Å². The van der Waals surface area contributed by atoms with Crippen molar-refractivity contribution in [2.45, 2.75) is 0 Å². The summed E-state index contributed by atoms with van der Waals surface area (Å²) in [4.78, 5) is 43.8. The molecule has 0 aromatic carbocycles. The maximum absolute atomic E-state index is 10.6. The standard InChI is InChI=1S/C2H5ClO7P2/c3-1-10-12(8,9)2(4)11(5,6)7/h5-7H,1H2/p+1. The van der Waals surface area contributed by atoms with Crippen LogP contribution in [-0.2, 0) is 9.09 Å². The van der Waals surface area contributed by atoms with E-state index in [1.165, 1.54) is 0 Å². The third-order valence-electron chi connectivity index (χ3n) is 0.722. The van der Waals surface area contributed by atoms with Crippen molar-refractivity contribution in [2.75, 3.05) is 6.07 Å². The highest BCUT2D eigenvalue weighted by atomic mass is 35.5. The van der Waals surface area contributed by atoms with Gasteiger partial charge in [0.05, 0.1) is 0 Å². The Labute approximate surface area is 72.7 Å². The molecule has 1 atom stereocenters. The van der Waals surface area contributed by atoms with Gasteiger partial charge in [-0.15, -0.1) is 0 Å². The number of carbonyl (C=O) groups excluding carboxylic acids is 1. The lowest BCUT2D eigenvalue weighted by Crippen LogP contribution is -2.05. The minimum absolute atomic E-state index is 0.778. The Morgan fingerprint density at radius 3 is 2.17 bits per heavy atom. The van der Waals surface area contributed by atoms with Crippen molar-refractivity contribution < 1.29 is 33.5 Å². The van der Waals surface area contributed by atoms with Gasteiger partial charge in [-0.05, 0) is 0 Å². The van der Waals surface area contributed by atoms with E-state index >= 15 is 0 Å². The Morgan fingerprint density at radius 1 is 1.50 bits per heavy atom. The molecule has 0 aliphatic carbocycles. The Hall–Kier alpha value is 0.420. The van der Waals surface area contributed by atoms with Crippen molar-refractivity contribution >= 4 is 32.4 Å². The van der Waals surface area contributed by atoms with Crippen LogP contribution in [0.1, 0.15) is 0 Å². The van der Waals surface area contributed by atoms with Crippen LogP contribution in [-0.4, -0.2) is 30.9 Å². The fourth-order valence-corrected chi connectivity index (χ4v) is 2.46. The van der Waals surface area contributed by atoms with E-state index in [4.69, 9.17) is 31.2 Å². The number of halogens is 1. The van der Waals surface area contributed by atoms with Gasteiger partial charge in [-0.2, -0.15) is 14.7 Å². The van der Waals surface area contributed by atoms with E-state index in [9.17, 15) is 9.36 Å². The molecule has 0 saturated carbocycles. The first kappa shape index (κ1) is 12.4. The first-order valence-electron chi connectivity index (χ1n) is 2.37. The zero-order chi connectivity index (χ0) is 9.99. The Morgan fingerprint density at radius 2 is 1.92 bits per heavy atom. The van der Waals surface area contributed by atoms with Gasteiger partial charge in [0.1, 0.15) is 6.07 Å². The van der Waals surface area contributed by atoms with E-state index in [2.05, 4.69) is 4.52 Å². The molecule has 10 heteroatoms. The Bertz CT molecular complexity index is 220. The summed E-state index contributed by atoms with van der Waals surface area (Å²) >= 11 is 4.84. The minimum Gasteiger partial charge on any atom is -0.316 e. The van der Waals surface area contributed by atoms with Crippen LogP contribution in [0.3, 0.4) is 0 Å². The summed E-state index contributed by atoms with van der Waals surface area (Å²) in [7, 11) is -9.87. The zero-order valence-corrected chi connectivity index (χ0v) is 8.04. The van der Waals surface area contributed by atoms with Gasteiger partial charge < -0.3 is 4.89 Å². The third kappa shape index (κ3) is 3.43. The van der Waals surface area contributed by atoms with Crippen LogP contribution in [0.15, 0.2) is 0 Å². The molecule has 4 N–H and O–H groups in total. The fraction of sp³-hybridized carbons (Fsp3) is 0.500. The van der Waals surface area contributed by atoms with Gasteiger partial charge in [0.25, 0.3) is 0 Å². The molecule has 12 heavy (non-hydrogen) atoms. The molecule has 0 bridgehead atoms. The predicted molar refractivity (Wildman–Crippen MR) is 40.6 cm³/mol. The van der Waals surface area contributed by atoms with Gasteiger partial charge in [-0.25, -0.2) is 9.36 Å². The predicted octanol–water partition coefficient (Wildman–Crippen LogP) is 0.244. The second kappa shape index (κ2) is 4.09. The highest BCUT2D eigenvalue weighted by Gasteiger charge is 2.56. The normalized spacial score (nSPS) is 17.1. The molecule has 0 aliphatic heterocycles. The summed E-state index contributed by atoms with van der Waals surface area (Å²) in [5.74, 6) is 0. The summed E-state index contributed by atoms with van der Waals surface area (Å²) in [5, 5.41) is -2.05. The molecule has 1 unspecified atom stereocenters. The lowest BCUT2D eigenvalue weighted by atomic mass is 11.7. The number of hydrogen-bond donors (Lipinski definition) is 4. The molecule has 0 fully saturated rings. The average molecular weight is 239 g/mol. The number of carbonyl (C=O) groups is 1. The van der Waals surface area contributed by atoms with Gasteiger partial charge in [-0.1, -0.05) is 11.6 Å².